The van der Waals surface area contributed by atoms with E-state index in [1.165, 1.54) is 23.1 Å². The van der Waals surface area contributed by atoms with Crippen LogP contribution in [-0.4, -0.2) is 45.0 Å². The number of nitrogen functional groups attached to an aromatic ring is 1. The van der Waals surface area contributed by atoms with Crippen molar-refractivity contribution in [1.82, 2.24) is 25.1 Å². The fourth-order valence-electron chi connectivity index (χ4n) is 1.15. The molecule has 20 heavy (non-hydrogen) atoms. The molecule has 108 valence electrons. The minimum absolute atomic E-state index is 0.318. The number of rotatable bonds is 6. The average molecular weight is 330 g/mol. The van der Waals surface area contributed by atoms with Crippen molar-refractivity contribution in [3.63, 3.8) is 0 Å². The van der Waals surface area contributed by atoms with Crippen LogP contribution in [0.15, 0.2) is 13.8 Å². The summed E-state index contributed by atoms with van der Waals surface area (Å²) in [5, 5.41) is 8.72. The second-order valence-corrected chi connectivity index (χ2v) is 7.35. The lowest BCUT2D eigenvalue weighted by atomic mass is 10.8. The van der Waals surface area contributed by atoms with E-state index in [0.717, 1.165) is 14.4 Å². The second kappa shape index (κ2) is 7.02. The summed E-state index contributed by atoms with van der Waals surface area (Å²) in [5.41, 5.74) is 2.43. The Hall–Kier alpha value is -1.17. The highest BCUT2D eigenvalue weighted by atomic mass is 32.2. The fourth-order valence-corrected chi connectivity index (χ4v) is 3.92. The predicted octanol–water partition coefficient (Wildman–Crippen LogP) is 1.34. The van der Waals surface area contributed by atoms with E-state index in [4.69, 9.17) is 5.84 Å². The molecule has 0 fully saturated rings. The van der Waals surface area contributed by atoms with E-state index < -0.39 is 0 Å². The molecule has 0 bridgehead atoms. The first-order valence-corrected chi connectivity index (χ1v) is 8.28. The molecule has 0 atom stereocenters. The minimum Gasteiger partial charge on any atom is -0.347 e. The molecule has 0 saturated carbocycles. The van der Waals surface area contributed by atoms with E-state index in [1.54, 1.807) is 16.7 Å². The Bertz CT molecular complexity index is 572. The number of thioether (sulfide) groups is 1. The van der Waals surface area contributed by atoms with Crippen molar-refractivity contribution in [1.29, 1.82) is 0 Å². The van der Waals surface area contributed by atoms with Gasteiger partial charge < -0.3 is 4.90 Å². The average Bonchev–Trinajstić information content (AvgIpc) is 2.86. The van der Waals surface area contributed by atoms with Crippen LogP contribution in [0.2, 0.25) is 0 Å². The molecule has 2 heterocycles. The zero-order chi connectivity index (χ0) is 14.5. The Kier molecular flexibility index (Phi) is 5.34. The summed E-state index contributed by atoms with van der Waals surface area (Å²) in [4.78, 5) is 14.5. The molecule has 2 aromatic rings. The van der Waals surface area contributed by atoms with E-state index in [2.05, 4.69) is 37.5 Å². The molecule has 0 spiro atoms. The van der Waals surface area contributed by atoms with E-state index in [9.17, 15) is 0 Å². The monoisotopic (exact) mass is 330 g/mol. The minimum atomic E-state index is 0.318. The molecule has 3 N–H and O–H groups in total. The first-order chi connectivity index (χ1) is 9.62. The molecule has 0 saturated heterocycles. The molecular weight excluding hydrogens is 316 g/mol. The highest BCUT2D eigenvalue weighted by Crippen LogP contribution is 2.32. The summed E-state index contributed by atoms with van der Waals surface area (Å²) in [7, 11) is 3.70. The molecule has 11 heteroatoms. The van der Waals surface area contributed by atoms with Gasteiger partial charge in [-0.1, -0.05) is 30.0 Å². The van der Waals surface area contributed by atoms with Crippen molar-refractivity contribution < 1.29 is 0 Å². The number of hydrogen-bond donors (Lipinski definition) is 2. The van der Waals surface area contributed by atoms with E-state index in [-0.39, 0.29) is 0 Å². The van der Waals surface area contributed by atoms with E-state index >= 15 is 0 Å². The van der Waals surface area contributed by atoms with Crippen LogP contribution in [0.1, 0.15) is 6.92 Å². The summed E-state index contributed by atoms with van der Waals surface area (Å²) in [5.74, 6) is 7.18. The maximum atomic E-state index is 5.37. The van der Waals surface area contributed by atoms with Crippen LogP contribution < -0.4 is 16.2 Å². The third-order valence-electron chi connectivity index (χ3n) is 1.97. The third kappa shape index (κ3) is 3.91. The highest BCUT2D eigenvalue weighted by molar-refractivity contribution is 8.03. The Balaban J connectivity index is 2.20. The van der Waals surface area contributed by atoms with Crippen molar-refractivity contribution in [3.8, 4) is 0 Å². The van der Waals surface area contributed by atoms with Crippen molar-refractivity contribution in [2.24, 2.45) is 5.84 Å². The van der Waals surface area contributed by atoms with Gasteiger partial charge in [0.25, 0.3) is 0 Å². The van der Waals surface area contributed by atoms with Crippen molar-refractivity contribution in [2.75, 3.05) is 30.2 Å². The van der Waals surface area contributed by atoms with Gasteiger partial charge in [-0.25, -0.2) is 5.84 Å². The van der Waals surface area contributed by atoms with Gasteiger partial charge >= 0.3 is 0 Å². The zero-order valence-electron chi connectivity index (χ0n) is 11.2. The normalized spacial score (nSPS) is 10.6. The van der Waals surface area contributed by atoms with Crippen molar-refractivity contribution in [2.45, 2.75) is 20.8 Å². The molecule has 0 aliphatic carbocycles. The lowest BCUT2D eigenvalue weighted by molar-refractivity contribution is 0.862. The van der Waals surface area contributed by atoms with Crippen LogP contribution in [0.5, 0.6) is 0 Å². The quantitative estimate of drug-likeness (QED) is 0.458. The topological polar surface area (TPSA) is 106 Å². The first-order valence-electron chi connectivity index (χ1n) is 5.66. The van der Waals surface area contributed by atoms with Crippen LogP contribution in [0.4, 0.5) is 11.9 Å². The Morgan fingerprint density at radius 2 is 1.95 bits per heavy atom. The third-order valence-corrected chi connectivity index (χ3v) is 4.82. The van der Waals surface area contributed by atoms with Gasteiger partial charge in [0.05, 0.1) is 0 Å². The number of anilines is 2. The molecule has 8 nitrogen and oxygen atoms in total. The van der Waals surface area contributed by atoms with Crippen LogP contribution in [0.3, 0.4) is 0 Å². The fraction of sp³-hybridized carbons (Fsp3) is 0.444. The Morgan fingerprint density at radius 1 is 1.20 bits per heavy atom. The highest BCUT2D eigenvalue weighted by Gasteiger charge is 2.12. The lowest BCUT2D eigenvalue weighted by Gasteiger charge is -2.11. The van der Waals surface area contributed by atoms with Gasteiger partial charge in [0, 0.05) is 14.1 Å². The number of nitrogens with two attached hydrogens (primary N) is 1. The Morgan fingerprint density at radius 3 is 2.60 bits per heavy atom. The second-order valence-electron chi connectivity index (χ2n) is 3.65. The molecule has 0 amide bonds. The van der Waals surface area contributed by atoms with E-state index in [0.29, 0.717) is 17.1 Å². The number of nitrogens with one attached hydrogen (secondary N) is 1. The summed E-state index contributed by atoms with van der Waals surface area (Å²) >= 11 is 4.52. The lowest BCUT2D eigenvalue weighted by Crippen LogP contribution is -2.17. The van der Waals surface area contributed by atoms with Crippen LogP contribution >= 0.6 is 34.9 Å². The molecule has 2 rings (SSSR count). The van der Waals surface area contributed by atoms with E-state index in [1.807, 2.05) is 14.1 Å². The van der Waals surface area contributed by atoms with Crippen molar-refractivity contribution in [3.05, 3.63) is 0 Å². The SMILES string of the molecule is CCSc1nnc(Sc2nc(NN)nc(N(C)C)n2)s1. The smallest absolute Gasteiger partial charge is 0.242 e. The van der Waals surface area contributed by atoms with Crippen LogP contribution in [-0.2, 0) is 0 Å². The predicted molar refractivity (Wildman–Crippen MR) is 82.4 cm³/mol. The summed E-state index contributed by atoms with van der Waals surface area (Å²) in [6, 6.07) is 0. The van der Waals surface area contributed by atoms with Gasteiger partial charge in [0.1, 0.15) is 0 Å². The van der Waals surface area contributed by atoms with Crippen LogP contribution in [0.25, 0.3) is 0 Å². The Labute approximate surface area is 129 Å². The molecule has 0 aromatic carbocycles. The van der Waals surface area contributed by atoms with Gasteiger partial charge in [-0.05, 0) is 17.5 Å². The summed E-state index contributed by atoms with van der Waals surface area (Å²) in [6.07, 6.45) is 0. The number of hydrazine groups is 1. The van der Waals surface area contributed by atoms with Gasteiger partial charge in [0.2, 0.25) is 17.1 Å². The van der Waals surface area contributed by atoms with Gasteiger partial charge in [-0.3, -0.25) is 5.43 Å². The molecule has 0 radical (unpaired) electrons. The molecular formula is C9H14N8S3. The number of hydrogen-bond acceptors (Lipinski definition) is 11. The van der Waals surface area contributed by atoms with Gasteiger partial charge in [-0.15, -0.1) is 10.2 Å². The summed E-state index contributed by atoms with van der Waals surface area (Å²) < 4.78 is 1.73. The zero-order valence-corrected chi connectivity index (χ0v) is 13.6. The number of aromatic nitrogens is 5. The molecule has 0 aliphatic heterocycles. The van der Waals surface area contributed by atoms with Crippen molar-refractivity contribution >= 4 is 46.8 Å². The van der Waals surface area contributed by atoms with Crippen LogP contribution in [0, 0.1) is 0 Å². The molecule has 0 aliphatic rings. The largest absolute Gasteiger partial charge is 0.347 e. The van der Waals surface area contributed by atoms with Gasteiger partial charge in [0.15, 0.2) is 8.68 Å². The first kappa shape index (κ1) is 15.2. The summed E-state index contributed by atoms with van der Waals surface area (Å²) in [6.45, 7) is 2.08. The number of nitrogens with zero attached hydrogens (tertiary/aromatic N) is 6. The van der Waals surface area contributed by atoms with Gasteiger partial charge in [-0.2, -0.15) is 15.0 Å². The maximum Gasteiger partial charge on any atom is 0.242 e. The molecule has 0 unspecified atom stereocenters. The molecule has 2 aromatic heterocycles. The standard InChI is InChI=1S/C9H14N8S3/c1-4-18-8-15-16-9(20-8)19-7-12-5(14-10)11-6(13-7)17(2)3/h4,10H2,1-3H3,(H,11,12,13,14). The maximum absolute atomic E-state index is 5.37.